The largest absolute Gasteiger partial charge is 0.493 e. The van der Waals surface area contributed by atoms with Crippen LogP contribution in [-0.4, -0.2) is 43.0 Å². The number of hydrazone groups is 1. The highest BCUT2D eigenvalue weighted by atomic mass is 35.5. The summed E-state index contributed by atoms with van der Waals surface area (Å²) in [5.74, 6) is -0.359. The molecule has 0 aliphatic heterocycles. The number of rotatable bonds is 10. The molecule has 8 nitrogen and oxygen atoms in total. The minimum absolute atomic E-state index is 0.210. The number of nitrogens with one attached hydrogen (secondary N) is 1. The van der Waals surface area contributed by atoms with E-state index in [0.717, 1.165) is 22.6 Å². The van der Waals surface area contributed by atoms with Crippen molar-refractivity contribution in [3.05, 3.63) is 101 Å². The maximum atomic E-state index is 12.7. The van der Waals surface area contributed by atoms with Crippen molar-refractivity contribution >= 4 is 29.7 Å². The van der Waals surface area contributed by atoms with Crippen LogP contribution in [0.3, 0.4) is 0 Å². The number of benzene rings is 3. The zero-order valence-corrected chi connectivity index (χ0v) is 22.6. The summed E-state index contributed by atoms with van der Waals surface area (Å²) >= 11 is 6.32. The highest BCUT2D eigenvalue weighted by Gasteiger charge is 2.14. The lowest BCUT2D eigenvalue weighted by Crippen LogP contribution is -2.17. The summed E-state index contributed by atoms with van der Waals surface area (Å²) in [4.78, 5) is 24.3. The van der Waals surface area contributed by atoms with Crippen molar-refractivity contribution in [1.82, 2.24) is 9.99 Å². The summed E-state index contributed by atoms with van der Waals surface area (Å²) in [5.41, 5.74) is 7.76. The van der Waals surface area contributed by atoms with E-state index >= 15 is 0 Å². The topological polar surface area (TPSA) is 91.2 Å². The molecule has 4 aromatic rings. The van der Waals surface area contributed by atoms with Gasteiger partial charge < -0.3 is 18.8 Å². The molecule has 200 valence electrons. The Kier molecular flexibility index (Phi) is 9.01. The third-order valence-electron chi connectivity index (χ3n) is 5.80. The first kappa shape index (κ1) is 27.5. The lowest BCUT2D eigenvalue weighted by Gasteiger charge is -2.13. The van der Waals surface area contributed by atoms with Gasteiger partial charge in [-0.25, -0.2) is 10.2 Å². The van der Waals surface area contributed by atoms with Gasteiger partial charge in [-0.15, -0.1) is 0 Å². The molecule has 0 radical (unpaired) electrons. The van der Waals surface area contributed by atoms with E-state index in [1.165, 1.54) is 13.3 Å². The zero-order chi connectivity index (χ0) is 27.8. The van der Waals surface area contributed by atoms with Crippen LogP contribution < -0.4 is 14.9 Å². The summed E-state index contributed by atoms with van der Waals surface area (Å²) in [6, 6.07) is 24.8. The van der Waals surface area contributed by atoms with Crippen LogP contribution in [0.25, 0.3) is 16.9 Å². The second kappa shape index (κ2) is 12.8. The van der Waals surface area contributed by atoms with Crippen LogP contribution in [0.2, 0.25) is 5.02 Å². The summed E-state index contributed by atoms with van der Waals surface area (Å²) in [6.45, 7) is 3.70. The van der Waals surface area contributed by atoms with Gasteiger partial charge in [0.1, 0.15) is 0 Å². The molecule has 1 N–H and O–H groups in total. The predicted octanol–water partition coefficient (Wildman–Crippen LogP) is 5.82. The van der Waals surface area contributed by atoms with Crippen molar-refractivity contribution in [1.29, 1.82) is 0 Å². The first-order valence-corrected chi connectivity index (χ1v) is 12.6. The predicted molar refractivity (Wildman–Crippen MR) is 151 cm³/mol. The minimum Gasteiger partial charge on any atom is -0.493 e. The van der Waals surface area contributed by atoms with E-state index in [9.17, 15) is 9.59 Å². The molecule has 0 atom stereocenters. The number of carbonyl (C=O) groups excluding carboxylic acids is 2. The molecule has 1 aromatic heterocycles. The average Bonchev–Trinajstić information content (AvgIpc) is 3.34. The highest BCUT2D eigenvalue weighted by Crippen LogP contribution is 2.36. The molecule has 0 aliphatic rings. The van der Waals surface area contributed by atoms with Crippen molar-refractivity contribution in [2.45, 2.75) is 13.8 Å². The molecule has 3 aromatic carbocycles. The molecule has 0 saturated carbocycles. The number of ether oxygens (including phenoxy) is 3. The molecule has 39 heavy (non-hydrogen) atoms. The van der Waals surface area contributed by atoms with Crippen molar-refractivity contribution in [2.24, 2.45) is 5.10 Å². The van der Waals surface area contributed by atoms with Crippen LogP contribution in [-0.2, 0) is 9.53 Å². The summed E-state index contributed by atoms with van der Waals surface area (Å²) < 4.78 is 17.8. The lowest BCUT2D eigenvalue weighted by atomic mass is 10.1. The number of carbonyl (C=O) groups is 2. The standard InChI is InChI=1S/C30H28ClN3O5/c1-4-38-28(35)19-39-29-25(31)16-21(17-27(29)37-3)18-32-33-30(36)23-11-13-24(14-12-23)34-20(2)10-15-26(34)22-8-6-5-7-9-22/h5-18H,4,19H2,1-3H3,(H,33,36)/b32-18+. The highest BCUT2D eigenvalue weighted by molar-refractivity contribution is 6.32. The van der Waals surface area contributed by atoms with Gasteiger partial charge in [0.15, 0.2) is 18.1 Å². The van der Waals surface area contributed by atoms with E-state index in [0.29, 0.717) is 16.9 Å². The minimum atomic E-state index is -0.517. The van der Waals surface area contributed by atoms with E-state index in [1.54, 1.807) is 31.2 Å². The molecule has 1 amide bonds. The second-order valence-electron chi connectivity index (χ2n) is 8.44. The van der Waals surface area contributed by atoms with Crippen LogP contribution in [0.1, 0.15) is 28.5 Å². The van der Waals surface area contributed by atoms with Gasteiger partial charge in [-0.2, -0.15) is 5.10 Å². The molecule has 0 unspecified atom stereocenters. The molecule has 0 spiro atoms. The Morgan fingerprint density at radius 3 is 2.46 bits per heavy atom. The number of halogens is 1. The van der Waals surface area contributed by atoms with E-state index in [2.05, 4.69) is 39.4 Å². The first-order chi connectivity index (χ1) is 18.9. The molecule has 0 saturated heterocycles. The number of aryl methyl sites for hydroxylation is 1. The number of hydrogen-bond acceptors (Lipinski definition) is 6. The Morgan fingerprint density at radius 1 is 1.03 bits per heavy atom. The van der Waals surface area contributed by atoms with Gasteiger partial charge in [-0.05, 0) is 73.5 Å². The number of hydrogen-bond donors (Lipinski definition) is 1. The van der Waals surface area contributed by atoms with Gasteiger partial charge >= 0.3 is 5.97 Å². The van der Waals surface area contributed by atoms with Crippen LogP contribution in [0.15, 0.2) is 84.0 Å². The maximum Gasteiger partial charge on any atom is 0.344 e. The number of amides is 1. The fourth-order valence-corrected chi connectivity index (χ4v) is 4.27. The third kappa shape index (κ3) is 6.66. The van der Waals surface area contributed by atoms with Gasteiger partial charge in [0, 0.05) is 16.9 Å². The Hall–Kier alpha value is -4.56. The van der Waals surface area contributed by atoms with Gasteiger partial charge in [-0.3, -0.25) is 4.79 Å². The Labute approximate surface area is 231 Å². The molecular weight excluding hydrogens is 518 g/mol. The van der Waals surface area contributed by atoms with Crippen LogP contribution in [0.4, 0.5) is 0 Å². The Morgan fingerprint density at radius 2 is 1.77 bits per heavy atom. The second-order valence-corrected chi connectivity index (χ2v) is 8.84. The monoisotopic (exact) mass is 545 g/mol. The van der Waals surface area contributed by atoms with E-state index in [1.807, 2.05) is 37.3 Å². The van der Waals surface area contributed by atoms with Crippen LogP contribution >= 0.6 is 11.6 Å². The summed E-state index contributed by atoms with van der Waals surface area (Å²) in [5, 5.41) is 4.26. The van der Waals surface area contributed by atoms with Gasteiger partial charge in [0.2, 0.25) is 0 Å². The first-order valence-electron chi connectivity index (χ1n) is 12.2. The van der Waals surface area contributed by atoms with Crippen molar-refractivity contribution in [3.63, 3.8) is 0 Å². The molecule has 4 rings (SSSR count). The number of methoxy groups -OCH3 is 1. The molecule has 9 heteroatoms. The van der Waals surface area contributed by atoms with Crippen LogP contribution in [0, 0.1) is 6.92 Å². The number of esters is 1. The molecule has 0 aliphatic carbocycles. The van der Waals surface area contributed by atoms with Crippen molar-refractivity contribution in [3.8, 4) is 28.4 Å². The fourth-order valence-electron chi connectivity index (χ4n) is 4.00. The van der Waals surface area contributed by atoms with Crippen LogP contribution in [0.5, 0.6) is 11.5 Å². The average molecular weight is 546 g/mol. The third-order valence-corrected chi connectivity index (χ3v) is 6.09. The van der Waals surface area contributed by atoms with Gasteiger partial charge in [0.25, 0.3) is 5.91 Å². The van der Waals surface area contributed by atoms with Crippen molar-refractivity contribution < 1.29 is 23.8 Å². The molecule has 1 heterocycles. The molecular formula is C30H28ClN3O5. The smallest absolute Gasteiger partial charge is 0.344 e. The fraction of sp³-hybridized carbons (Fsp3) is 0.167. The quantitative estimate of drug-likeness (QED) is 0.154. The Bertz CT molecular complexity index is 1480. The molecule has 0 bridgehead atoms. The SMILES string of the molecule is CCOC(=O)COc1c(Cl)cc(/C=N/NC(=O)c2ccc(-n3c(C)ccc3-c3ccccc3)cc2)cc1OC. The van der Waals surface area contributed by atoms with E-state index < -0.39 is 5.97 Å². The van der Waals surface area contributed by atoms with E-state index in [4.69, 9.17) is 25.8 Å². The van der Waals surface area contributed by atoms with Crippen molar-refractivity contribution in [2.75, 3.05) is 20.3 Å². The van der Waals surface area contributed by atoms with Gasteiger partial charge in [0.05, 0.1) is 30.6 Å². The maximum absolute atomic E-state index is 12.7. The zero-order valence-electron chi connectivity index (χ0n) is 21.8. The van der Waals surface area contributed by atoms with E-state index in [-0.39, 0.29) is 29.9 Å². The normalized spacial score (nSPS) is 10.9. The Balaban J connectivity index is 1.43. The van der Waals surface area contributed by atoms with Gasteiger partial charge in [-0.1, -0.05) is 41.9 Å². The number of nitrogens with zero attached hydrogens (tertiary/aromatic N) is 2. The summed E-state index contributed by atoms with van der Waals surface area (Å²) in [6.07, 6.45) is 1.44. The number of aromatic nitrogens is 1. The summed E-state index contributed by atoms with van der Waals surface area (Å²) in [7, 11) is 1.45. The lowest BCUT2D eigenvalue weighted by molar-refractivity contribution is -0.145. The molecule has 0 fully saturated rings.